The molecule has 0 amide bonds. The summed E-state index contributed by atoms with van der Waals surface area (Å²) >= 11 is 1.68. The van der Waals surface area contributed by atoms with Crippen LogP contribution in [-0.2, 0) is 0 Å². The number of nitrogens with zero attached hydrogens (tertiary/aromatic N) is 3. The minimum absolute atomic E-state index is 0.389. The van der Waals surface area contributed by atoms with Gasteiger partial charge in [-0.05, 0) is 29.9 Å². The summed E-state index contributed by atoms with van der Waals surface area (Å²) in [6.45, 7) is 6.31. The topological polar surface area (TPSA) is 41.6 Å². The van der Waals surface area contributed by atoms with Gasteiger partial charge in [-0.1, -0.05) is 26.8 Å². The van der Waals surface area contributed by atoms with E-state index in [-0.39, 0.29) is 0 Å². The van der Waals surface area contributed by atoms with E-state index in [1.54, 1.807) is 16.4 Å². The normalized spacial score (nSPS) is 10.7. The smallest absolute Gasteiger partial charge is 0.103 e. The standard InChI is InChI=1S/C15H17N3S/c1-4-19-15-7-5-6-14(12(15)10-16)18-9-8-13(17-18)11(2)3/h5-9,11H,4H2,1-3H3. The molecule has 0 saturated carbocycles. The van der Waals surface area contributed by atoms with Gasteiger partial charge < -0.3 is 0 Å². The molecule has 2 aromatic rings. The Balaban J connectivity index is 2.49. The summed E-state index contributed by atoms with van der Waals surface area (Å²) in [6, 6.07) is 10.2. The molecule has 0 N–H and O–H groups in total. The molecule has 3 nitrogen and oxygen atoms in total. The second-order valence-corrected chi connectivity index (χ2v) is 5.84. The van der Waals surface area contributed by atoms with Crippen LogP contribution < -0.4 is 0 Å². The lowest BCUT2D eigenvalue weighted by Crippen LogP contribution is -2.01. The SMILES string of the molecule is CCSc1cccc(-n2ccc(C(C)C)n2)c1C#N. The first-order valence-electron chi connectivity index (χ1n) is 6.39. The molecule has 1 heterocycles. The fraction of sp³-hybridized carbons (Fsp3) is 0.333. The molecule has 0 fully saturated rings. The molecule has 0 radical (unpaired) electrons. The highest BCUT2D eigenvalue weighted by Gasteiger charge is 2.11. The molecule has 0 unspecified atom stereocenters. The number of aromatic nitrogens is 2. The van der Waals surface area contributed by atoms with Gasteiger partial charge in [0.15, 0.2) is 0 Å². The fourth-order valence-electron chi connectivity index (χ4n) is 1.88. The van der Waals surface area contributed by atoms with E-state index in [1.807, 2.05) is 30.5 Å². The molecule has 1 aromatic carbocycles. The van der Waals surface area contributed by atoms with Crippen LogP contribution in [-0.4, -0.2) is 15.5 Å². The summed E-state index contributed by atoms with van der Waals surface area (Å²) in [4.78, 5) is 1.02. The quantitative estimate of drug-likeness (QED) is 0.790. The second-order valence-electron chi connectivity index (χ2n) is 4.53. The Morgan fingerprint density at radius 3 is 2.74 bits per heavy atom. The number of rotatable bonds is 4. The van der Waals surface area contributed by atoms with E-state index >= 15 is 0 Å². The Kier molecular flexibility index (Phi) is 4.28. The van der Waals surface area contributed by atoms with Crippen molar-refractivity contribution in [3.63, 3.8) is 0 Å². The summed E-state index contributed by atoms with van der Waals surface area (Å²) in [6.07, 6.45) is 1.92. The van der Waals surface area contributed by atoms with Crippen molar-refractivity contribution in [2.75, 3.05) is 5.75 Å². The summed E-state index contributed by atoms with van der Waals surface area (Å²) in [5.74, 6) is 1.34. The second kappa shape index (κ2) is 5.94. The van der Waals surface area contributed by atoms with Crippen LogP contribution in [0.3, 0.4) is 0 Å². The Hall–Kier alpha value is -1.73. The maximum Gasteiger partial charge on any atom is 0.103 e. The van der Waals surface area contributed by atoms with E-state index in [4.69, 9.17) is 0 Å². The van der Waals surface area contributed by atoms with Crippen molar-refractivity contribution in [1.29, 1.82) is 5.26 Å². The van der Waals surface area contributed by atoms with E-state index in [9.17, 15) is 5.26 Å². The molecule has 1 aromatic heterocycles. The maximum absolute atomic E-state index is 9.40. The zero-order valence-corrected chi connectivity index (χ0v) is 12.2. The van der Waals surface area contributed by atoms with Gasteiger partial charge in [0.1, 0.15) is 6.07 Å². The van der Waals surface area contributed by atoms with Crippen LogP contribution in [0.2, 0.25) is 0 Å². The van der Waals surface area contributed by atoms with Crippen LogP contribution in [0.25, 0.3) is 5.69 Å². The summed E-state index contributed by atoms with van der Waals surface area (Å²) in [5, 5.41) is 13.9. The van der Waals surface area contributed by atoms with Crippen LogP contribution in [0.4, 0.5) is 0 Å². The lowest BCUT2D eigenvalue weighted by atomic mass is 10.1. The third kappa shape index (κ3) is 2.82. The molecule has 98 valence electrons. The maximum atomic E-state index is 9.40. The molecule has 0 atom stereocenters. The first-order valence-corrected chi connectivity index (χ1v) is 7.37. The van der Waals surface area contributed by atoms with E-state index < -0.39 is 0 Å². The van der Waals surface area contributed by atoms with Gasteiger partial charge in [-0.15, -0.1) is 11.8 Å². The van der Waals surface area contributed by atoms with E-state index in [2.05, 4.69) is 31.9 Å². The van der Waals surface area contributed by atoms with Gasteiger partial charge in [0.05, 0.1) is 16.9 Å². The number of nitriles is 1. The van der Waals surface area contributed by atoms with Gasteiger partial charge in [0.25, 0.3) is 0 Å². The highest BCUT2D eigenvalue weighted by molar-refractivity contribution is 7.99. The van der Waals surface area contributed by atoms with Gasteiger partial charge in [-0.2, -0.15) is 10.4 Å². The van der Waals surface area contributed by atoms with Crippen molar-refractivity contribution >= 4 is 11.8 Å². The molecule has 2 rings (SSSR count). The van der Waals surface area contributed by atoms with Gasteiger partial charge in [-0.25, -0.2) is 4.68 Å². The Morgan fingerprint density at radius 2 is 2.16 bits per heavy atom. The Morgan fingerprint density at radius 1 is 1.37 bits per heavy atom. The predicted octanol–water partition coefficient (Wildman–Crippen LogP) is 3.98. The van der Waals surface area contributed by atoms with Crippen molar-refractivity contribution < 1.29 is 0 Å². The van der Waals surface area contributed by atoms with Gasteiger partial charge >= 0.3 is 0 Å². The molecule has 0 aliphatic heterocycles. The molecule has 0 bridgehead atoms. The molecule has 19 heavy (non-hydrogen) atoms. The van der Waals surface area contributed by atoms with Crippen LogP contribution in [0, 0.1) is 11.3 Å². The fourth-order valence-corrected chi connectivity index (χ4v) is 2.66. The number of hydrogen-bond donors (Lipinski definition) is 0. The molecular weight excluding hydrogens is 254 g/mol. The molecule has 0 spiro atoms. The lowest BCUT2D eigenvalue weighted by Gasteiger charge is -2.08. The van der Waals surface area contributed by atoms with Crippen molar-refractivity contribution in [1.82, 2.24) is 9.78 Å². The van der Waals surface area contributed by atoms with E-state index in [1.165, 1.54) is 0 Å². The lowest BCUT2D eigenvalue weighted by molar-refractivity contribution is 0.766. The largest absolute Gasteiger partial charge is 0.239 e. The third-order valence-electron chi connectivity index (χ3n) is 2.86. The first kappa shape index (κ1) is 13.7. The molecular formula is C15H17N3S. The van der Waals surface area contributed by atoms with Crippen molar-refractivity contribution in [3.05, 3.63) is 41.7 Å². The van der Waals surface area contributed by atoms with Crippen LogP contribution in [0.1, 0.15) is 37.9 Å². The Bertz CT molecular complexity index is 608. The molecule has 0 aliphatic rings. The highest BCUT2D eigenvalue weighted by Crippen LogP contribution is 2.27. The van der Waals surface area contributed by atoms with Crippen molar-refractivity contribution in [2.45, 2.75) is 31.6 Å². The number of thioether (sulfide) groups is 1. The van der Waals surface area contributed by atoms with Crippen LogP contribution >= 0.6 is 11.8 Å². The molecule has 0 aliphatic carbocycles. The predicted molar refractivity (Wildman–Crippen MR) is 78.8 cm³/mol. The Labute approximate surface area is 118 Å². The zero-order chi connectivity index (χ0) is 13.8. The zero-order valence-electron chi connectivity index (χ0n) is 11.4. The monoisotopic (exact) mass is 271 g/mol. The summed E-state index contributed by atoms with van der Waals surface area (Å²) in [5.41, 5.74) is 2.60. The average molecular weight is 271 g/mol. The summed E-state index contributed by atoms with van der Waals surface area (Å²) < 4.78 is 1.80. The van der Waals surface area contributed by atoms with Crippen LogP contribution in [0.15, 0.2) is 35.4 Å². The number of hydrogen-bond acceptors (Lipinski definition) is 3. The van der Waals surface area contributed by atoms with Gasteiger partial charge in [0, 0.05) is 11.1 Å². The minimum Gasteiger partial charge on any atom is -0.239 e. The third-order valence-corrected chi connectivity index (χ3v) is 3.80. The highest BCUT2D eigenvalue weighted by atomic mass is 32.2. The van der Waals surface area contributed by atoms with Crippen molar-refractivity contribution in [3.8, 4) is 11.8 Å². The first-order chi connectivity index (χ1) is 9.17. The molecule has 0 saturated heterocycles. The van der Waals surface area contributed by atoms with Crippen LogP contribution in [0.5, 0.6) is 0 Å². The van der Waals surface area contributed by atoms with E-state index in [0.717, 1.165) is 22.0 Å². The summed E-state index contributed by atoms with van der Waals surface area (Å²) in [7, 11) is 0. The molecule has 4 heteroatoms. The van der Waals surface area contributed by atoms with Gasteiger partial charge in [-0.3, -0.25) is 0 Å². The van der Waals surface area contributed by atoms with Crippen molar-refractivity contribution in [2.24, 2.45) is 0 Å². The number of benzene rings is 1. The van der Waals surface area contributed by atoms with E-state index in [0.29, 0.717) is 11.5 Å². The van der Waals surface area contributed by atoms with Gasteiger partial charge in [0.2, 0.25) is 0 Å². The average Bonchev–Trinajstić information content (AvgIpc) is 2.88. The minimum atomic E-state index is 0.389.